The van der Waals surface area contributed by atoms with Gasteiger partial charge in [0.25, 0.3) is 5.91 Å². The van der Waals surface area contributed by atoms with Gasteiger partial charge in [0.15, 0.2) is 0 Å². The van der Waals surface area contributed by atoms with Crippen molar-refractivity contribution < 1.29 is 9.59 Å². The summed E-state index contributed by atoms with van der Waals surface area (Å²) in [6.45, 7) is 4.05. The van der Waals surface area contributed by atoms with E-state index in [1.54, 1.807) is 12.1 Å². The lowest BCUT2D eigenvalue weighted by atomic mass is 10.0. The second-order valence-electron chi connectivity index (χ2n) is 6.77. The molecule has 2 amide bonds. The van der Waals surface area contributed by atoms with Crippen LogP contribution in [0.25, 0.3) is 0 Å². The van der Waals surface area contributed by atoms with Gasteiger partial charge in [-0.15, -0.1) is 0 Å². The van der Waals surface area contributed by atoms with Crippen molar-refractivity contribution in [3.63, 3.8) is 0 Å². The van der Waals surface area contributed by atoms with Crippen molar-refractivity contribution in [3.05, 3.63) is 33.8 Å². The van der Waals surface area contributed by atoms with Crippen LogP contribution in [-0.2, 0) is 4.79 Å². The number of hydrogen-bond donors (Lipinski definition) is 2. The summed E-state index contributed by atoms with van der Waals surface area (Å²) in [5.41, 5.74) is 0.323. The normalized spacial score (nSPS) is 16.2. The van der Waals surface area contributed by atoms with Gasteiger partial charge < -0.3 is 10.6 Å². The van der Waals surface area contributed by atoms with Gasteiger partial charge in [-0.25, -0.2) is 0 Å². The molecule has 0 unspecified atom stereocenters. The van der Waals surface area contributed by atoms with Crippen LogP contribution in [0, 0.1) is 5.92 Å². The lowest BCUT2D eigenvalue weighted by molar-refractivity contribution is -0.124. The maximum absolute atomic E-state index is 12.6. The van der Waals surface area contributed by atoms with E-state index in [2.05, 4.69) is 10.6 Å². The molecule has 0 aromatic heterocycles. The van der Waals surface area contributed by atoms with Crippen LogP contribution >= 0.6 is 23.2 Å². The fourth-order valence-electron chi connectivity index (χ4n) is 2.98. The zero-order chi connectivity index (χ0) is 17.7. The van der Waals surface area contributed by atoms with E-state index in [0.29, 0.717) is 17.0 Å². The quantitative estimate of drug-likeness (QED) is 0.788. The third-order valence-electron chi connectivity index (χ3n) is 4.21. The highest BCUT2D eigenvalue weighted by Crippen LogP contribution is 2.22. The van der Waals surface area contributed by atoms with Crippen LogP contribution in [0.3, 0.4) is 0 Å². The zero-order valence-electron chi connectivity index (χ0n) is 14.1. The molecule has 1 aromatic rings. The van der Waals surface area contributed by atoms with Gasteiger partial charge in [-0.05, 0) is 43.4 Å². The van der Waals surface area contributed by atoms with Crippen LogP contribution in [0.5, 0.6) is 0 Å². The molecule has 1 aromatic carbocycles. The Bertz CT molecular complexity index is 599. The van der Waals surface area contributed by atoms with Gasteiger partial charge >= 0.3 is 0 Å². The number of benzene rings is 1. The monoisotopic (exact) mass is 370 g/mol. The predicted molar refractivity (Wildman–Crippen MR) is 97.6 cm³/mol. The molecular formula is C18H24Cl2N2O2. The smallest absolute Gasteiger partial charge is 0.253 e. The number of amides is 2. The molecule has 1 atom stereocenters. The minimum Gasteiger partial charge on any atom is -0.352 e. The minimum atomic E-state index is -0.565. The average Bonchev–Trinajstić information content (AvgIpc) is 2.98. The Morgan fingerprint density at radius 1 is 1.21 bits per heavy atom. The van der Waals surface area contributed by atoms with E-state index in [9.17, 15) is 9.59 Å². The largest absolute Gasteiger partial charge is 0.352 e. The molecular weight excluding hydrogens is 347 g/mol. The second-order valence-corrected chi connectivity index (χ2v) is 7.61. The van der Waals surface area contributed by atoms with E-state index in [-0.39, 0.29) is 28.8 Å². The number of halogens is 2. The first-order valence-electron chi connectivity index (χ1n) is 8.43. The summed E-state index contributed by atoms with van der Waals surface area (Å²) in [5.74, 6) is -0.191. The lowest BCUT2D eigenvalue weighted by Gasteiger charge is -2.22. The first kappa shape index (κ1) is 19.1. The second kappa shape index (κ2) is 8.72. The molecule has 0 saturated heterocycles. The van der Waals surface area contributed by atoms with Gasteiger partial charge in [-0.2, -0.15) is 0 Å². The maximum atomic E-state index is 12.6. The summed E-state index contributed by atoms with van der Waals surface area (Å²) in [4.78, 5) is 25.1. The van der Waals surface area contributed by atoms with Crippen molar-refractivity contribution >= 4 is 35.0 Å². The zero-order valence-corrected chi connectivity index (χ0v) is 15.6. The van der Waals surface area contributed by atoms with Gasteiger partial charge in [-0.3, -0.25) is 9.59 Å². The Morgan fingerprint density at radius 2 is 1.88 bits per heavy atom. The Morgan fingerprint density at radius 3 is 2.46 bits per heavy atom. The van der Waals surface area contributed by atoms with Crippen LogP contribution in [0.4, 0.5) is 0 Å². The summed E-state index contributed by atoms with van der Waals surface area (Å²) >= 11 is 11.9. The topological polar surface area (TPSA) is 58.2 Å². The van der Waals surface area contributed by atoms with E-state index in [1.165, 1.54) is 6.07 Å². The van der Waals surface area contributed by atoms with Gasteiger partial charge in [-0.1, -0.05) is 49.9 Å². The highest BCUT2D eigenvalue weighted by molar-refractivity contribution is 6.36. The van der Waals surface area contributed by atoms with Crippen LogP contribution in [0.1, 0.15) is 56.3 Å². The molecule has 0 radical (unpaired) electrons. The molecule has 1 aliphatic rings. The highest BCUT2D eigenvalue weighted by atomic mass is 35.5. The molecule has 0 heterocycles. The lowest BCUT2D eigenvalue weighted by Crippen LogP contribution is -2.49. The van der Waals surface area contributed by atoms with Crippen molar-refractivity contribution in [2.24, 2.45) is 5.92 Å². The molecule has 1 saturated carbocycles. The van der Waals surface area contributed by atoms with E-state index >= 15 is 0 Å². The SMILES string of the molecule is CC(C)C[C@@H](NC(=O)c1ccc(Cl)cc1Cl)C(=O)NC1CCCC1. The summed E-state index contributed by atoms with van der Waals surface area (Å²) in [6.07, 6.45) is 4.89. The van der Waals surface area contributed by atoms with E-state index < -0.39 is 6.04 Å². The average molecular weight is 371 g/mol. The Kier molecular flexibility index (Phi) is 6.93. The van der Waals surface area contributed by atoms with Crippen molar-refractivity contribution in [1.82, 2.24) is 10.6 Å². The van der Waals surface area contributed by atoms with Crippen molar-refractivity contribution in [1.29, 1.82) is 0 Å². The Labute approximate surface area is 153 Å². The molecule has 0 spiro atoms. The van der Waals surface area contributed by atoms with Crippen LogP contribution in [0.15, 0.2) is 18.2 Å². The Hall–Kier alpha value is -1.26. The van der Waals surface area contributed by atoms with Crippen molar-refractivity contribution in [3.8, 4) is 0 Å². The number of nitrogens with one attached hydrogen (secondary N) is 2. The maximum Gasteiger partial charge on any atom is 0.253 e. The minimum absolute atomic E-state index is 0.117. The van der Waals surface area contributed by atoms with Crippen molar-refractivity contribution in [2.75, 3.05) is 0 Å². The summed E-state index contributed by atoms with van der Waals surface area (Å²) in [6, 6.07) is 4.36. The predicted octanol–water partition coefficient (Wildman–Crippen LogP) is 4.20. The fourth-order valence-corrected chi connectivity index (χ4v) is 3.48. The standard InChI is InChI=1S/C18H24Cl2N2O2/c1-11(2)9-16(18(24)21-13-5-3-4-6-13)22-17(23)14-8-7-12(19)10-15(14)20/h7-8,10-11,13,16H,3-6,9H2,1-2H3,(H,21,24)(H,22,23)/t16-/m1/s1. The molecule has 24 heavy (non-hydrogen) atoms. The first-order valence-corrected chi connectivity index (χ1v) is 9.18. The molecule has 2 N–H and O–H groups in total. The fraction of sp³-hybridized carbons (Fsp3) is 0.556. The summed E-state index contributed by atoms with van der Waals surface area (Å²) in [7, 11) is 0. The number of hydrogen-bond acceptors (Lipinski definition) is 2. The molecule has 0 aliphatic heterocycles. The molecule has 6 heteroatoms. The third-order valence-corrected chi connectivity index (χ3v) is 4.75. The van der Waals surface area contributed by atoms with Crippen LogP contribution < -0.4 is 10.6 Å². The number of carbonyl (C=O) groups excluding carboxylic acids is 2. The molecule has 2 rings (SSSR count). The van der Waals surface area contributed by atoms with Crippen LogP contribution in [0.2, 0.25) is 10.0 Å². The van der Waals surface area contributed by atoms with Gasteiger partial charge in [0.2, 0.25) is 5.91 Å². The van der Waals surface area contributed by atoms with E-state index in [0.717, 1.165) is 25.7 Å². The first-order chi connectivity index (χ1) is 11.4. The van der Waals surface area contributed by atoms with Gasteiger partial charge in [0.1, 0.15) is 6.04 Å². The number of rotatable bonds is 6. The summed E-state index contributed by atoms with van der Waals surface area (Å²) < 4.78 is 0. The van der Waals surface area contributed by atoms with E-state index in [4.69, 9.17) is 23.2 Å². The molecule has 1 aliphatic carbocycles. The van der Waals surface area contributed by atoms with Gasteiger partial charge in [0.05, 0.1) is 10.6 Å². The van der Waals surface area contributed by atoms with E-state index in [1.807, 2.05) is 13.8 Å². The third kappa shape index (κ3) is 5.38. The van der Waals surface area contributed by atoms with Crippen molar-refractivity contribution in [2.45, 2.75) is 58.0 Å². The summed E-state index contributed by atoms with van der Waals surface area (Å²) in [5, 5.41) is 6.62. The van der Waals surface area contributed by atoms with Gasteiger partial charge in [0, 0.05) is 11.1 Å². The van der Waals surface area contributed by atoms with Crippen LogP contribution in [-0.4, -0.2) is 23.9 Å². The number of carbonyl (C=O) groups is 2. The highest BCUT2D eigenvalue weighted by Gasteiger charge is 2.26. The molecule has 4 nitrogen and oxygen atoms in total. The molecule has 132 valence electrons. The molecule has 0 bridgehead atoms. The molecule has 1 fully saturated rings. The Balaban J connectivity index is 2.06.